The Morgan fingerprint density at radius 2 is 1.86 bits per heavy atom. The van der Waals surface area contributed by atoms with Crippen molar-refractivity contribution in [1.82, 2.24) is 9.80 Å². The number of hydrogen-bond donors (Lipinski definition) is 0. The van der Waals surface area contributed by atoms with Crippen molar-refractivity contribution in [2.75, 3.05) is 33.3 Å². The number of nitrogens with zero attached hydrogens (tertiary/aromatic N) is 2. The van der Waals surface area contributed by atoms with E-state index in [-0.39, 0.29) is 23.3 Å². The van der Waals surface area contributed by atoms with E-state index in [4.69, 9.17) is 4.74 Å². The Labute approximate surface area is 169 Å². The summed E-state index contributed by atoms with van der Waals surface area (Å²) in [6.07, 6.45) is 4.01. The number of ether oxygens (including phenoxy) is 1. The molecule has 5 heteroatoms. The van der Waals surface area contributed by atoms with Gasteiger partial charge in [0, 0.05) is 32.6 Å². The maximum absolute atomic E-state index is 12.8. The summed E-state index contributed by atoms with van der Waals surface area (Å²) in [7, 11) is 1.44. The van der Waals surface area contributed by atoms with Gasteiger partial charge in [-0.2, -0.15) is 0 Å². The smallest absolute Gasteiger partial charge is 0.311 e. The lowest BCUT2D eigenvalue weighted by Crippen LogP contribution is -2.58. The fourth-order valence-electron chi connectivity index (χ4n) is 4.81. The molecule has 0 radical (unpaired) electrons. The molecule has 1 aromatic carbocycles. The van der Waals surface area contributed by atoms with Crippen LogP contribution in [0.15, 0.2) is 30.3 Å². The summed E-state index contributed by atoms with van der Waals surface area (Å²) in [4.78, 5) is 29.8. The largest absolute Gasteiger partial charge is 0.469 e. The van der Waals surface area contributed by atoms with Crippen molar-refractivity contribution in [1.29, 1.82) is 0 Å². The highest BCUT2D eigenvalue weighted by Gasteiger charge is 2.56. The number of carbonyl (C=O) groups is 2. The zero-order valence-corrected chi connectivity index (χ0v) is 17.5. The standard InChI is InChI=1S/C23H34N2O3/c1-18(2)9-14-25-21(26)17-20(22(27)28-3)23(25)11-15-24(16-12-23)13-10-19-7-5-4-6-8-19/h4-8,18,20H,9-17H2,1-3H3. The summed E-state index contributed by atoms with van der Waals surface area (Å²) in [5, 5.41) is 0. The van der Waals surface area contributed by atoms with Crippen LogP contribution in [0.4, 0.5) is 0 Å². The molecule has 0 saturated carbocycles. The van der Waals surface area contributed by atoms with Gasteiger partial charge in [-0.05, 0) is 37.2 Å². The predicted octanol–water partition coefficient (Wildman–Crippen LogP) is 3.13. The van der Waals surface area contributed by atoms with Crippen molar-refractivity contribution in [3.05, 3.63) is 35.9 Å². The fourth-order valence-corrected chi connectivity index (χ4v) is 4.81. The Morgan fingerprint density at radius 3 is 2.46 bits per heavy atom. The summed E-state index contributed by atoms with van der Waals surface area (Å²) in [5.74, 6) is 0.105. The van der Waals surface area contributed by atoms with Gasteiger partial charge in [0.2, 0.25) is 5.91 Å². The zero-order chi connectivity index (χ0) is 20.1. The van der Waals surface area contributed by atoms with Gasteiger partial charge in [0.25, 0.3) is 0 Å². The topological polar surface area (TPSA) is 49.9 Å². The Bertz CT molecular complexity index is 666. The van der Waals surface area contributed by atoms with Crippen LogP contribution in [0, 0.1) is 11.8 Å². The second kappa shape index (κ2) is 9.08. The molecular formula is C23H34N2O3. The monoisotopic (exact) mass is 386 g/mol. The third-order valence-electron chi connectivity index (χ3n) is 6.56. The van der Waals surface area contributed by atoms with E-state index < -0.39 is 0 Å². The zero-order valence-electron chi connectivity index (χ0n) is 17.5. The molecule has 2 fully saturated rings. The maximum atomic E-state index is 12.8. The molecule has 0 bridgehead atoms. The third-order valence-corrected chi connectivity index (χ3v) is 6.56. The van der Waals surface area contributed by atoms with Gasteiger partial charge in [0.1, 0.15) is 0 Å². The predicted molar refractivity (Wildman–Crippen MR) is 110 cm³/mol. The van der Waals surface area contributed by atoms with Gasteiger partial charge in [-0.25, -0.2) is 0 Å². The molecule has 2 aliphatic heterocycles. The third kappa shape index (κ3) is 4.40. The van der Waals surface area contributed by atoms with Gasteiger partial charge in [-0.1, -0.05) is 44.2 Å². The highest BCUT2D eigenvalue weighted by Crippen LogP contribution is 2.44. The molecule has 2 saturated heterocycles. The molecule has 5 nitrogen and oxygen atoms in total. The van der Waals surface area contributed by atoms with Crippen molar-refractivity contribution < 1.29 is 14.3 Å². The van der Waals surface area contributed by atoms with Gasteiger partial charge >= 0.3 is 5.97 Å². The maximum Gasteiger partial charge on any atom is 0.311 e. The fraction of sp³-hybridized carbons (Fsp3) is 0.652. The van der Waals surface area contributed by atoms with Crippen LogP contribution in [-0.4, -0.2) is 60.5 Å². The van der Waals surface area contributed by atoms with Crippen LogP contribution in [0.1, 0.15) is 45.1 Å². The van der Waals surface area contributed by atoms with Crippen LogP contribution in [-0.2, 0) is 20.7 Å². The number of amides is 1. The lowest BCUT2D eigenvalue weighted by atomic mass is 9.76. The Kier molecular flexibility index (Phi) is 6.76. The van der Waals surface area contributed by atoms with E-state index >= 15 is 0 Å². The van der Waals surface area contributed by atoms with Crippen molar-refractivity contribution >= 4 is 11.9 Å². The number of esters is 1. The van der Waals surface area contributed by atoms with E-state index in [2.05, 4.69) is 43.0 Å². The first-order valence-electron chi connectivity index (χ1n) is 10.6. The second-order valence-corrected chi connectivity index (χ2v) is 8.69. The minimum absolute atomic E-state index is 0.119. The van der Waals surface area contributed by atoms with E-state index in [0.29, 0.717) is 12.3 Å². The highest BCUT2D eigenvalue weighted by atomic mass is 16.5. The normalized spacial score (nSPS) is 22.2. The number of likely N-dealkylation sites (tertiary alicyclic amines) is 2. The molecular weight excluding hydrogens is 352 g/mol. The molecule has 2 aliphatic rings. The molecule has 2 heterocycles. The van der Waals surface area contributed by atoms with Crippen LogP contribution in [0.2, 0.25) is 0 Å². The van der Waals surface area contributed by atoms with Crippen molar-refractivity contribution in [3.63, 3.8) is 0 Å². The molecule has 1 unspecified atom stereocenters. The summed E-state index contributed by atoms with van der Waals surface area (Å²) in [5.41, 5.74) is 0.993. The number of piperidine rings is 1. The van der Waals surface area contributed by atoms with E-state index in [1.54, 1.807) is 0 Å². The number of benzene rings is 1. The van der Waals surface area contributed by atoms with Crippen molar-refractivity contribution in [2.24, 2.45) is 11.8 Å². The van der Waals surface area contributed by atoms with E-state index in [9.17, 15) is 9.59 Å². The first-order chi connectivity index (χ1) is 13.5. The molecule has 0 aromatic heterocycles. The lowest BCUT2D eigenvalue weighted by Gasteiger charge is -2.47. The number of carbonyl (C=O) groups excluding carboxylic acids is 2. The molecule has 1 aromatic rings. The van der Waals surface area contributed by atoms with Crippen LogP contribution < -0.4 is 0 Å². The molecule has 154 valence electrons. The first-order valence-corrected chi connectivity index (χ1v) is 10.6. The number of rotatable bonds is 7. The molecule has 0 aliphatic carbocycles. The number of methoxy groups -OCH3 is 1. The quantitative estimate of drug-likeness (QED) is 0.676. The lowest BCUT2D eigenvalue weighted by molar-refractivity contribution is -0.150. The summed E-state index contributed by atoms with van der Waals surface area (Å²) in [6.45, 7) is 7.96. The Hall–Kier alpha value is -1.88. The van der Waals surface area contributed by atoms with Crippen LogP contribution >= 0.6 is 0 Å². The highest BCUT2D eigenvalue weighted by molar-refractivity contribution is 5.89. The minimum atomic E-state index is -0.359. The first kappa shape index (κ1) is 20.8. The van der Waals surface area contributed by atoms with Gasteiger partial charge in [0.05, 0.1) is 18.6 Å². The minimum Gasteiger partial charge on any atom is -0.469 e. The molecule has 1 spiro atoms. The van der Waals surface area contributed by atoms with Gasteiger partial charge in [-0.3, -0.25) is 9.59 Å². The average Bonchev–Trinajstić information content (AvgIpc) is 2.97. The molecule has 0 N–H and O–H groups in total. The molecule has 3 rings (SSSR count). The van der Waals surface area contributed by atoms with Crippen molar-refractivity contribution in [2.45, 2.75) is 51.5 Å². The second-order valence-electron chi connectivity index (χ2n) is 8.69. The van der Waals surface area contributed by atoms with E-state index in [0.717, 1.165) is 51.9 Å². The molecule has 28 heavy (non-hydrogen) atoms. The Morgan fingerprint density at radius 1 is 1.18 bits per heavy atom. The van der Waals surface area contributed by atoms with Crippen molar-refractivity contribution in [3.8, 4) is 0 Å². The van der Waals surface area contributed by atoms with Gasteiger partial charge < -0.3 is 14.5 Å². The van der Waals surface area contributed by atoms with Gasteiger partial charge in [-0.15, -0.1) is 0 Å². The Balaban J connectivity index is 1.68. The summed E-state index contributed by atoms with van der Waals surface area (Å²) < 4.78 is 5.08. The van der Waals surface area contributed by atoms with Crippen LogP contribution in [0.3, 0.4) is 0 Å². The van der Waals surface area contributed by atoms with Gasteiger partial charge in [0.15, 0.2) is 0 Å². The number of hydrogen-bond acceptors (Lipinski definition) is 4. The summed E-state index contributed by atoms with van der Waals surface area (Å²) >= 11 is 0. The van der Waals surface area contributed by atoms with E-state index in [1.807, 2.05) is 11.0 Å². The SMILES string of the molecule is COC(=O)C1CC(=O)N(CCC(C)C)C12CCN(CCc1ccccc1)CC2. The molecule has 1 amide bonds. The van der Waals surface area contributed by atoms with E-state index in [1.165, 1.54) is 12.7 Å². The van der Waals surface area contributed by atoms with Crippen LogP contribution in [0.5, 0.6) is 0 Å². The summed E-state index contributed by atoms with van der Waals surface area (Å²) in [6, 6.07) is 10.5. The molecule has 1 atom stereocenters. The average molecular weight is 387 g/mol. The van der Waals surface area contributed by atoms with Crippen LogP contribution in [0.25, 0.3) is 0 Å².